The first-order valence-electron chi connectivity index (χ1n) is 4.18. The first-order chi connectivity index (χ1) is 5.11. The number of nitrogens with zero attached hydrogens (tertiary/aromatic N) is 2. The van der Waals surface area contributed by atoms with Crippen molar-refractivity contribution in [2.75, 3.05) is 27.2 Å². The van der Waals surface area contributed by atoms with Crippen molar-refractivity contribution in [3.8, 4) is 0 Å². The highest BCUT2D eigenvalue weighted by Crippen LogP contribution is 2.15. The molecule has 1 heterocycles. The summed E-state index contributed by atoms with van der Waals surface area (Å²) in [6.07, 6.45) is 1.28. The van der Waals surface area contributed by atoms with Gasteiger partial charge < -0.3 is 9.80 Å². The van der Waals surface area contributed by atoms with Gasteiger partial charge in [0.1, 0.15) is 0 Å². The molecule has 0 radical (unpaired) electrons. The fourth-order valence-electron chi connectivity index (χ4n) is 1.54. The molecule has 0 aliphatic carbocycles. The van der Waals surface area contributed by atoms with Gasteiger partial charge in [-0.25, -0.2) is 0 Å². The van der Waals surface area contributed by atoms with Crippen molar-refractivity contribution in [2.45, 2.75) is 19.4 Å². The van der Waals surface area contributed by atoms with Gasteiger partial charge in [0.15, 0.2) is 0 Å². The summed E-state index contributed by atoms with van der Waals surface area (Å²) in [6.45, 7) is 8.41. The molecule has 0 spiro atoms. The molecule has 0 N–H and O–H groups in total. The lowest BCUT2D eigenvalue weighted by atomic mass is 10.2. The molecule has 0 amide bonds. The summed E-state index contributed by atoms with van der Waals surface area (Å²) in [4.78, 5) is 4.65. The normalized spacial score (nSPS) is 25.5. The molecule has 2 heteroatoms. The Morgan fingerprint density at radius 3 is 2.64 bits per heavy atom. The molecular weight excluding hydrogens is 136 g/mol. The van der Waals surface area contributed by atoms with E-state index in [4.69, 9.17) is 0 Å². The molecule has 1 saturated heterocycles. The molecule has 64 valence electrons. The molecule has 0 saturated carbocycles. The van der Waals surface area contributed by atoms with E-state index in [9.17, 15) is 0 Å². The van der Waals surface area contributed by atoms with Gasteiger partial charge in [-0.15, -0.1) is 0 Å². The van der Waals surface area contributed by atoms with Crippen molar-refractivity contribution < 1.29 is 0 Å². The second-order valence-electron chi connectivity index (χ2n) is 3.55. The zero-order valence-corrected chi connectivity index (χ0v) is 7.80. The molecule has 1 aliphatic heterocycles. The van der Waals surface area contributed by atoms with Gasteiger partial charge in [0, 0.05) is 25.3 Å². The Kier molecular flexibility index (Phi) is 2.55. The summed E-state index contributed by atoms with van der Waals surface area (Å²) in [7, 11) is 4.30. The Morgan fingerprint density at radius 2 is 2.27 bits per heavy atom. The molecule has 0 aromatic carbocycles. The maximum absolute atomic E-state index is 3.93. The van der Waals surface area contributed by atoms with Gasteiger partial charge in [-0.3, -0.25) is 0 Å². The first kappa shape index (κ1) is 8.60. The van der Waals surface area contributed by atoms with Gasteiger partial charge in [0.2, 0.25) is 0 Å². The van der Waals surface area contributed by atoms with Gasteiger partial charge in [-0.05, 0) is 26.9 Å². The van der Waals surface area contributed by atoms with E-state index in [1.54, 1.807) is 0 Å². The predicted molar refractivity (Wildman–Crippen MR) is 48.5 cm³/mol. The first-order valence-corrected chi connectivity index (χ1v) is 4.18. The maximum atomic E-state index is 3.93. The number of rotatable bonds is 2. The molecule has 1 unspecified atom stereocenters. The minimum atomic E-state index is 0.692. The smallest absolute Gasteiger partial charge is 0.0422 e. The van der Waals surface area contributed by atoms with Crippen LogP contribution in [0.1, 0.15) is 13.3 Å². The van der Waals surface area contributed by atoms with Crippen LogP contribution in [0.25, 0.3) is 0 Å². The Labute approximate surface area is 69.5 Å². The Balaban J connectivity index is 2.43. The Bertz CT molecular complexity index is 154. The third kappa shape index (κ3) is 1.96. The molecule has 11 heavy (non-hydrogen) atoms. The fourth-order valence-corrected chi connectivity index (χ4v) is 1.54. The van der Waals surface area contributed by atoms with Crippen LogP contribution in [-0.2, 0) is 0 Å². The number of hydrogen-bond acceptors (Lipinski definition) is 2. The molecule has 1 fully saturated rings. The van der Waals surface area contributed by atoms with Crippen molar-refractivity contribution in [2.24, 2.45) is 0 Å². The molecule has 0 aromatic heterocycles. The van der Waals surface area contributed by atoms with E-state index in [1.165, 1.54) is 25.2 Å². The minimum Gasteiger partial charge on any atom is -0.374 e. The quantitative estimate of drug-likeness (QED) is 0.589. The lowest BCUT2D eigenvalue weighted by Gasteiger charge is -2.26. The van der Waals surface area contributed by atoms with Crippen LogP contribution >= 0.6 is 0 Å². The third-order valence-corrected chi connectivity index (χ3v) is 2.52. The molecule has 2 nitrogen and oxygen atoms in total. The van der Waals surface area contributed by atoms with Crippen LogP contribution in [0, 0.1) is 0 Å². The number of allylic oxidation sites excluding steroid dienone is 1. The van der Waals surface area contributed by atoms with Crippen LogP contribution in [0.5, 0.6) is 0 Å². The summed E-state index contributed by atoms with van der Waals surface area (Å²) in [5, 5.41) is 0. The topological polar surface area (TPSA) is 6.48 Å². The van der Waals surface area contributed by atoms with Gasteiger partial charge in [-0.1, -0.05) is 6.58 Å². The van der Waals surface area contributed by atoms with Crippen molar-refractivity contribution in [1.82, 2.24) is 9.80 Å². The van der Waals surface area contributed by atoms with Crippen molar-refractivity contribution in [3.05, 3.63) is 12.3 Å². The Morgan fingerprint density at radius 1 is 1.64 bits per heavy atom. The number of likely N-dealkylation sites (N-methyl/N-ethyl adjacent to an activating group) is 2. The van der Waals surface area contributed by atoms with E-state index in [0.29, 0.717) is 6.04 Å². The van der Waals surface area contributed by atoms with E-state index in [2.05, 4.69) is 37.4 Å². The van der Waals surface area contributed by atoms with E-state index >= 15 is 0 Å². The third-order valence-electron chi connectivity index (χ3n) is 2.52. The molecule has 1 atom stereocenters. The van der Waals surface area contributed by atoms with Crippen LogP contribution in [0.3, 0.4) is 0 Å². The predicted octanol–water partition coefficient (Wildman–Crippen LogP) is 1.16. The summed E-state index contributed by atoms with van der Waals surface area (Å²) in [6, 6.07) is 0.692. The minimum absolute atomic E-state index is 0.692. The standard InChI is InChI=1S/C9H18N2/c1-8(2)11(4)9-5-6-10(3)7-9/h9H,1,5-7H2,2-4H3. The summed E-state index contributed by atoms with van der Waals surface area (Å²) >= 11 is 0. The van der Waals surface area contributed by atoms with Crippen molar-refractivity contribution in [1.29, 1.82) is 0 Å². The fraction of sp³-hybridized carbons (Fsp3) is 0.778. The van der Waals surface area contributed by atoms with Gasteiger partial charge in [-0.2, -0.15) is 0 Å². The van der Waals surface area contributed by atoms with E-state index in [1.807, 2.05) is 0 Å². The molecule has 0 bridgehead atoms. The molecule has 1 aliphatic rings. The maximum Gasteiger partial charge on any atom is 0.0422 e. The van der Waals surface area contributed by atoms with Crippen molar-refractivity contribution >= 4 is 0 Å². The highest BCUT2D eigenvalue weighted by molar-refractivity contribution is 4.93. The average Bonchev–Trinajstić information content (AvgIpc) is 2.34. The van der Waals surface area contributed by atoms with Gasteiger partial charge in [0.25, 0.3) is 0 Å². The van der Waals surface area contributed by atoms with Crippen LogP contribution in [0.4, 0.5) is 0 Å². The van der Waals surface area contributed by atoms with Gasteiger partial charge >= 0.3 is 0 Å². The highest BCUT2D eigenvalue weighted by Gasteiger charge is 2.22. The second kappa shape index (κ2) is 3.26. The van der Waals surface area contributed by atoms with E-state index in [-0.39, 0.29) is 0 Å². The largest absolute Gasteiger partial charge is 0.374 e. The summed E-state index contributed by atoms with van der Waals surface area (Å²) < 4.78 is 0. The molecule has 1 rings (SSSR count). The lowest BCUT2D eigenvalue weighted by molar-refractivity contribution is 0.297. The number of hydrogen-bond donors (Lipinski definition) is 0. The zero-order chi connectivity index (χ0) is 8.43. The van der Waals surface area contributed by atoms with Crippen LogP contribution < -0.4 is 0 Å². The SMILES string of the molecule is C=C(C)N(C)C1CCN(C)C1. The Hall–Kier alpha value is -0.500. The average molecular weight is 154 g/mol. The van der Waals surface area contributed by atoms with E-state index < -0.39 is 0 Å². The van der Waals surface area contributed by atoms with Crippen LogP contribution in [0.15, 0.2) is 12.3 Å². The molecular formula is C9H18N2. The van der Waals surface area contributed by atoms with Crippen molar-refractivity contribution in [3.63, 3.8) is 0 Å². The summed E-state index contributed by atoms with van der Waals surface area (Å²) in [5.41, 5.74) is 1.17. The van der Waals surface area contributed by atoms with E-state index in [0.717, 1.165) is 0 Å². The van der Waals surface area contributed by atoms with Gasteiger partial charge in [0.05, 0.1) is 0 Å². The van der Waals surface area contributed by atoms with Crippen LogP contribution in [0.2, 0.25) is 0 Å². The summed E-state index contributed by atoms with van der Waals surface area (Å²) in [5.74, 6) is 0. The highest BCUT2D eigenvalue weighted by atomic mass is 15.2. The second-order valence-corrected chi connectivity index (χ2v) is 3.55. The molecule has 0 aromatic rings. The monoisotopic (exact) mass is 154 g/mol. The number of likely N-dealkylation sites (tertiary alicyclic amines) is 1. The van der Waals surface area contributed by atoms with Crippen LogP contribution in [-0.4, -0.2) is 43.0 Å². The lowest BCUT2D eigenvalue weighted by Crippen LogP contribution is -2.31. The zero-order valence-electron chi connectivity index (χ0n) is 7.80.